The van der Waals surface area contributed by atoms with Crippen molar-refractivity contribution >= 4 is 12.1 Å². The van der Waals surface area contributed by atoms with Gasteiger partial charge in [-0.25, -0.2) is 4.79 Å². The average molecular weight is 246 g/mol. The van der Waals surface area contributed by atoms with E-state index < -0.39 is 24.2 Å². The maximum absolute atomic E-state index is 11.3. The van der Waals surface area contributed by atoms with Crippen molar-refractivity contribution in [3.8, 4) is 0 Å². The number of carbonyl (C=O) groups is 2. The van der Waals surface area contributed by atoms with Gasteiger partial charge in [0, 0.05) is 0 Å². The molecular weight excluding hydrogens is 224 g/mol. The van der Waals surface area contributed by atoms with Crippen LogP contribution in [0.4, 0.5) is 4.79 Å². The summed E-state index contributed by atoms with van der Waals surface area (Å²) in [4.78, 5) is 21.5. The van der Waals surface area contributed by atoms with Gasteiger partial charge in [0.2, 0.25) is 0 Å². The number of amides is 1. The summed E-state index contributed by atoms with van der Waals surface area (Å²) >= 11 is 0. The minimum absolute atomic E-state index is 0.349. The molecule has 100 valence electrons. The second-order valence-electron chi connectivity index (χ2n) is 4.78. The first-order valence-electron chi connectivity index (χ1n) is 5.65. The van der Waals surface area contributed by atoms with E-state index in [1.54, 1.807) is 13.8 Å². The molecule has 0 radical (unpaired) electrons. The summed E-state index contributed by atoms with van der Waals surface area (Å²) in [7, 11) is 0. The Labute approximate surface area is 102 Å². The second kappa shape index (κ2) is 7.11. The Hall–Kier alpha value is -1.30. The van der Waals surface area contributed by atoms with Crippen LogP contribution in [-0.2, 0) is 9.53 Å². The van der Waals surface area contributed by atoms with Crippen molar-refractivity contribution in [3.05, 3.63) is 0 Å². The van der Waals surface area contributed by atoms with Gasteiger partial charge in [0.05, 0.1) is 0 Å². The predicted octanol–water partition coefficient (Wildman–Crippen LogP) is 0.951. The number of carbonyl (C=O) groups excluding carboxylic acids is 1. The lowest BCUT2D eigenvalue weighted by atomic mass is 9.92. The van der Waals surface area contributed by atoms with E-state index in [0.717, 1.165) is 6.42 Å². The average Bonchev–Trinajstić information content (AvgIpc) is 2.13. The number of carboxylic acids is 1. The molecule has 4 N–H and O–H groups in total. The van der Waals surface area contributed by atoms with Crippen molar-refractivity contribution in [3.63, 3.8) is 0 Å². The van der Waals surface area contributed by atoms with E-state index in [-0.39, 0.29) is 0 Å². The van der Waals surface area contributed by atoms with E-state index in [1.807, 2.05) is 6.92 Å². The summed E-state index contributed by atoms with van der Waals surface area (Å²) in [6.45, 7) is 5.78. The molecule has 0 fully saturated rings. The fraction of sp³-hybridized carbons (Fsp3) is 0.818. The first-order chi connectivity index (χ1) is 7.76. The number of hydrogen-bond acceptors (Lipinski definition) is 4. The molecule has 0 spiro atoms. The molecule has 0 aromatic heterocycles. The molecule has 1 atom stereocenters. The molecule has 0 heterocycles. The third-order valence-electron chi connectivity index (χ3n) is 2.25. The minimum atomic E-state index is -1.10. The van der Waals surface area contributed by atoms with Gasteiger partial charge in [-0.1, -0.05) is 6.92 Å². The van der Waals surface area contributed by atoms with Crippen molar-refractivity contribution in [1.82, 2.24) is 5.32 Å². The number of rotatable bonds is 7. The van der Waals surface area contributed by atoms with Crippen molar-refractivity contribution in [2.75, 3.05) is 13.1 Å². The van der Waals surface area contributed by atoms with Crippen LogP contribution in [0.15, 0.2) is 0 Å². The van der Waals surface area contributed by atoms with Gasteiger partial charge in [0.1, 0.15) is 12.1 Å². The zero-order valence-corrected chi connectivity index (χ0v) is 10.7. The number of nitrogens with one attached hydrogen (secondary N) is 1. The summed E-state index contributed by atoms with van der Waals surface area (Å²) < 4.78 is 5.15. The third-order valence-corrected chi connectivity index (χ3v) is 2.25. The van der Waals surface area contributed by atoms with Crippen LogP contribution in [-0.4, -0.2) is 35.9 Å². The highest BCUT2D eigenvalue weighted by Gasteiger charge is 2.25. The van der Waals surface area contributed by atoms with Crippen LogP contribution in [0.1, 0.15) is 33.6 Å². The van der Waals surface area contributed by atoms with Gasteiger partial charge < -0.3 is 20.9 Å². The molecule has 0 aliphatic heterocycles. The Balaban J connectivity index is 4.05. The Morgan fingerprint density at radius 3 is 2.53 bits per heavy atom. The lowest BCUT2D eigenvalue weighted by Crippen LogP contribution is -2.38. The van der Waals surface area contributed by atoms with Crippen molar-refractivity contribution in [2.24, 2.45) is 11.7 Å². The predicted molar refractivity (Wildman–Crippen MR) is 63.7 cm³/mol. The van der Waals surface area contributed by atoms with Crippen molar-refractivity contribution in [2.45, 2.75) is 39.2 Å². The Kier molecular flexibility index (Phi) is 6.57. The van der Waals surface area contributed by atoms with Crippen LogP contribution >= 0.6 is 0 Å². The van der Waals surface area contributed by atoms with Crippen LogP contribution in [0.25, 0.3) is 0 Å². The monoisotopic (exact) mass is 246 g/mol. The molecule has 0 aliphatic carbocycles. The first-order valence-corrected chi connectivity index (χ1v) is 5.65. The molecule has 0 aromatic carbocycles. The van der Waals surface area contributed by atoms with Gasteiger partial charge in [0.15, 0.2) is 0 Å². The number of aliphatic carboxylic acids is 1. The molecule has 0 bridgehead atoms. The maximum Gasteiger partial charge on any atom is 0.408 e. The smallest absolute Gasteiger partial charge is 0.408 e. The number of hydrogen-bond donors (Lipinski definition) is 3. The highest BCUT2D eigenvalue weighted by atomic mass is 16.6. The van der Waals surface area contributed by atoms with Crippen LogP contribution in [0.5, 0.6) is 0 Å². The molecule has 0 aromatic rings. The summed E-state index contributed by atoms with van der Waals surface area (Å²) in [5, 5.41) is 10.5. The SMILES string of the molecule is CC(CCN)CC(C)(C)OC(=O)NCC(=O)O. The number of carboxylic acid groups (broad SMARTS) is 1. The topological polar surface area (TPSA) is 102 Å². The Morgan fingerprint density at radius 1 is 1.47 bits per heavy atom. The van der Waals surface area contributed by atoms with Crippen molar-refractivity contribution < 1.29 is 19.4 Å². The summed E-state index contributed by atoms with van der Waals surface area (Å²) in [5.74, 6) is -0.751. The van der Waals surface area contributed by atoms with E-state index in [4.69, 9.17) is 15.6 Å². The normalized spacial score (nSPS) is 12.9. The standard InChI is InChI=1S/C11H22N2O4/c1-8(4-5-12)6-11(2,3)17-10(16)13-7-9(14)15/h8H,4-7,12H2,1-3H3,(H,13,16)(H,14,15). The highest BCUT2D eigenvalue weighted by Crippen LogP contribution is 2.22. The Bertz CT molecular complexity index is 266. The first kappa shape index (κ1) is 15.7. The van der Waals surface area contributed by atoms with Crippen LogP contribution in [0, 0.1) is 5.92 Å². The number of alkyl carbamates (subject to hydrolysis) is 1. The van der Waals surface area contributed by atoms with Crippen molar-refractivity contribution in [1.29, 1.82) is 0 Å². The van der Waals surface area contributed by atoms with Crippen LogP contribution in [0.3, 0.4) is 0 Å². The number of ether oxygens (including phenoxy) is 1. The second-order valence-corrected chi connectivity index (χ2v) is 4.78. The molecule has 0 saturated heterocycles. The summed E-state index contributed by atoms with van der Waals surface area (Å²) in [6, 6.07) is 0. The molecule has 17 heavy (non-hydrogen) atoms. The van der Waals surface area contributed by atoms with Gasteiger partial charge in [-0.2, -0.15) is 0 Å². The molecule has 0 saturated carbocycles. The van der Waals surface area contributed by atoms with Gasteiger partial charge in [0.25, 0.3) is 0 Å². The molecule has 6 nitrogen and oxygen atoms in total. The van der Waals surface area contributed by atoms with E-state index >= 15 is 0 Å². The van der Waals surface area contributed by atoms with E-state index in [0.29, 0.717) is 18.9 Å². The fourth-order valence-corrected chi connectivity index (χ4v) is 1.70. The van der Waals surface area contributed by atoms with Gasteiger partial charge in [-0.15, -0.1) is 0 Å². The lowest BCUT2D eigenvalue weighted by Gasteiger charge is -2.28. The van der Waals surface area contributed by atoms with E-state index in [1.165, 1.54) is 0 Å². The molecule has 0 rings (SSSR count). The fourth-order valence-electron chi connectivity index (χ4n) is 1.70. The molecular formula is C11H22N2O4. The van der Waals surface area contributed by atoms with Gasteiger partial charge >= 0.3 is 12.1 Å². The highest BCUT2D eigenvalue weighted by molar-refractivity contribution is 5.76. The third kappa shape index (κ3) is 8.50. The summed E-state index contributed by atoms with van der Waals surface area (Å²) in [5.41, 5.74) is 4.82. The molecule has 0 aliphatic rings. The molecule has 1 amide bonds. The minimum Gasteiger partial charge on any atom is -0.480 e. The van der Waals surface area contributed by atoms with E-state index in [9.17, 15) is 9.59 Å². The Morgan fingerprint density at radius 2 is 2.06 bits per heavy atom. The summed E-state index contributed by atoms with van der Waals surface area (Å²) in [6.07, 6.45) is 0.839. The lowest BCUT2D eigenvalue weighted by molar-refractivity contribution is -0.136. The molecule has 1 unspecified atom stereocenters. The zero-order chi connectivity index (χ0) is 13.5. The van der Waals surface area contributed by atoms with Crippen LogP contribution < -0.4 is 11.1 Å². The quantitative estimate of drug-likeness (QED) is 0.620. The van der Waals surface area contributed by atoms with Crippen LogP contribution in [0.2, 0.25) is 0 Å². The number of nitrogens with two attached hydrogens (primary N) is 1. The van der Waals surface area contributed by atoms with E-state index in [2.05, 4.69) is 5.32 Å². The maximum atomic E-state index is 11.3. The largest absolute Gasteiger partial charge is 0.480 e. The zero-order valence-electron chi connectivity index (χ0n) is 10.7. The van der Waals surface area contributed by atoms with Gasteiger partial charge in [-0.3, -0.25) is 4.79 Å². The van der Waals surface area contributed by atoms with Gasteiger partial charge in [-0.05, 0) is 39.2 Å². The molecule has 6 heteroatoms.